The molecule has 0 atom stereocenters. The minimum atomic E-state index is -0.633. The largest absolute Gasteiger partial charge is 0.457 e. The van der Waals surface area contributed by atoms with Crippen molar-refractivity contribution in [1.29, 1.82) is 5.26 Å². The Balaban J connectivity index is 1.82. The molecule has 1 aromatic heterocycles. The van der Waals surface area contributed by atoms with Crippen molar-refractivity contribution in [2.24, 2.45) is 0 Å². The molecule has 1 heterocycles. The third kappa shape index (κ3) is 4.56. The van der Waals surface area contributed by atoms with E-state index in [-0.39, 0.29) is 5.57 Å². The zero-order chi connectivity index (χ0) is 19.4. The summed E-state index contributed by atoms with van der Waals surface area (Å²) in [6.45, 7) is 0. The molecule has 1 amide bonds. The van der Waals surface area contributed by atoms with E-state index >= 15 is 0 Å². The number of hydrogen-bond acceptors (Lipinski definition) is 3. The zero-order valence-corrected chi connectivity index (χ0v) is 15.2. The SMILES string of the molecule is N#C/C(=C/c1ccc(-c2ccc(Cl)cc2Cl)o1)C(=O)Nc1ccc(F)cc1. The van der Waals surface area contributed by atoms with Gasteiger partial charge in [0, 0.05) is 22.3 Å². The topological polar surface area (TPSA) is 66.0 Å². The van der Waals surface area contributed by atoms with Crippen molar-refractivity contribution in [3.05, 3.63) is 81.8 Å². The number of benzene rings is 2. The van der Waals surface area contributed by atoms with Gasteiger partial charge in [0.25, 0.3) is 5.91 Å². The van der Waals surface area contributed by atoms with Crippen LogP contribution < -0.4 is 5.32 Å². The van der Waals surface area contributed by atoms with E-state index in [0.717, 1.165) is 0 Å². The molecular formula is C20H11Cl2FN2O2. The second-order valence-corrected chi connectivity index (χ2v) is 6.30. The van der Waals surface area contributed by atoms with Crippen LogP contribution >= 0.6 is 23.2 Å². The van der Waals surface area contributed by atoms with Crippen molar-refractivity contribution in [3.8, 4) is 17.4 Å². The highest BCUT2D eigenvalue weighted by Crippen LogP contribution is 2.32. The summed E-state index contributed by atoms with van der Waals surface area (Å²) in [6, 6.07) is 15.3. The van der Waals surface area contributed by atoms with Crippen molar-refractivity contribution in [2.75, 3.05) is 5.32 Å². The minimum absolute atomic E-state index is 0.164. The summed E-state index contributed by atoms with van der Waals surface area (Å²) in [5.41, 5.74) is 0.841. The maximum atomic E-state index is 12.9. The van der Waals surface area contributed by atoms with Gasteiger partial charge in [-0.05, 0) is 54.6 Å². The van der Waals surface area contributed by atoms with Crippen LogP contribution in [0.25, 0.3) is 17.4 Å². The molecule has 0 aliphatic rings. The lowest BCUT2D eigenvalue weighted by Gasteiger charge is -2.03. The summed E-state index contributed by atoms with van der Waals surface area (Å²) >= 11 is 12.0. The first-order valence-electron chi connectivity index (χ1n) is 7.70. The molecule has 0 bridgehead atoms. The summed E-state index contributed by atoms with van der Waals surface area (Å²) < 4.78 is 18.6. The number of hydrogen-bond donors (Lipinski definition) is 1. The third-order valence-electron chi connectivity index (χ3n) is 3.58. The van der Waals surface area contributed by atoms with Crippen LogP contribution in [0.2, 0.25) is 10.0 Å². The van der Waals surface area contributed by atoms with Crippen molar-refractivity contribution in [1.82, 2.24) is 0 Å². The number of nitrogens with one attached hydrogen (secondary N) is 1. The molecule has 2 aromatic carbocycles. The smallest absolute Gasteiger partial charge is 0.266 e. The van der Waals surface area contributed by atoms with Gasteiger partial charge in [0.05, 0.1) is 5.02 Å². The second-order valence-electron chi connectivity index (χ2n) is 5.46. The summed E-state index contributed by atoms with van der Waals surface area (Å²) in [5, 5.41) is 12.7. The van der Waals surface area contributed by atoms with Crippen molar-refractivity contribution in [3.63, 3.8) is 0 Å². The molecule has 0 unspecified atom stereocenters. The number of furan rings is 1. The van der Waals surface area contributed by atoms with Crippen LogP contribution in [0.4, 0.5) is 10.1 Å². The van der Waals surface area contributed by atoms with Crippen LogP contribution in [0.1, 0.15) is 5.76 Å². The Morgan fingerprint density at radius 2 is 1.85 bits per heavy atom. The van der Waals surface area contributed by atoms with Crippen molar-refractivity contribution < 1.29 is 13.6 Å². The fourth-order valence-corrected chi connectivity index (χ4v) is 2.79. The Bertz CT molecular complexity index is 1070. The van der Waals surface area contributed by atoms with E-state index in [1.807, 2.05) is 6.07 Å². The molecular weight excluding hydrogens is 390 g/mol. The second kappa shape index (κ2) is 8.09. The first-order valence-corrected chi connectivity index (χ1v) is 8.46. The Labute approximate surface area is 164 Å². The maximum absolute atomic E-state index is 12.9. The first kappa shape index (κ1) is 18.7. The molecule has 0 saturated heterocycles. The van der Waals surface area contributed by atoms with E-state index < -0.39 is 11.7 Å². The quantitative estimate of drug-likeness (QED) is 0.435. The molecule has 0 spiro atoms. The number of carbonyl (C=O) groups excluding carboxylic acids is 1. The molecule has 1 N–H and O–H groups in total. The van der Waals surface area contributed by atoms with Gasteiger partial charge >= 0.3 is 0 Å². The highest BCUT2D eigenvalue weighted by molar-refractivity contribution is 6.36. The molecule has 4 nitrogen and oxygen atoms in total. The summed E-state index contributed by atoms with van der Waals surface area (Å²) in [4.78, 5) is 12.2. The van der Waals surface area contributed by atoms with Gasteiger partial charge in [-0.2, -0.15) is 5.26 Å². The fraction of sp³-hybridized carbons (Fsp3) is 0. The van der Waals surface area contributed by atoms with E-state index in [9.17, 15) is 14.4 Å². The van der Waals surface area contributed by atoms with Crippen LogP contribution in [0.15, 0.2) is 64.6 Å². The minimum Gasteiger partial charge on any atom is -0.457 e. The number of halogens is 3. The Morgan fingerprint density at radius 1 is 1.11 bits per heavy atom. The predicted molar refractivity (Wildman–Crippen MR) is 103 cm³/mol. The van der Waals surface area contributed by atoms with E-state index in [2.05, 4.69) is 5.32 Å². The summed E-state index contributed by atoms with van der Waals surface area (Å²) in [5.74, 6) is -0.277. The molecule has 7 heteroatoms. The standard InChI is InChI=1S/C20H11Cl2FN2O2/c21-13-1-7-17(18(22)10-13)19-8-6-16(27-19)9-12(11-24)20(26)25-15-4-2-14(23)3-5-15/h1-10H,(H,25,26)/b12-9-. The van der Waals surface area contributed by atoms with Crippen LogP contribution in [-0.4, -0.2) is 5.91 Å². The summed E-state index contributed by atoms with van der Waals surface area (Å²) in [6.07, 6.45) is 1.31. The lowest BCUT2D eigenvalue weighted by molar-refractivity contribution is -0.112. The molecule has 3 aromatic rings. The van der Waals surface area contributed by atoms with Crippen LogP contribution in [0.5, 0.6) is 0 Å². The van der Waals surface area contributed by atoms with Gasteiger partial charge in [0.15, 0.2) is 0 Å². The zero-order valence-electron chi connectivity index (χ0n) is 13.7. The molecule has 0 aliphatic carbocycles. The number of nitriles is 1. The average Bonchev–Trinajstić information content (AvgIpc) is 3.09. The average molecular weight is 401 g/mol. The van der Waals surface area contributed by atoms with E-state index in [4.69, 9.17) is 27.6 Å². The first-order chi connectivity index (χ1) is 13.0. The van der Waals surface area contributed by atoms with Crippen LogP contribution in [0.3, 0.4) is 0 Å². The van der Waals surface area contributed by atoms with Crippen LogP contribution in [-0.2, 0) is 4.79 Å². The number of rotatable bonds is 4. The number of anilines is 1. The van der Waals surface area contributed by atoms with E-state index in [1.54, 1.807) is 30.3 Å². The lowest BCUT2D eigenvalue weighted by Crippen LogP contribution is -2.13. The van der Waals surface area contributed by atoms with E-state index in [0.29, 0.717) is 32.8 Å². The molecule has 0 aliphatic heterocycles. The summed E-state index contributed by atoms with van der Waals surface area (Å²) in [7, 11) is 0. The van der Waals surface area contributed by atoms with Crippen LogP contribution in [0, 0.1) is 17.1 Å². The van der Waals surface area contributed by atoms with Gasteiger partial charge in [-0.3, -0.25) is 4.79 Å². The van der Waals surface area contributed by atoms with Gasteiger partial charge in [-0.25, -0.2) is 4.39 Å². The van der Waals surface area contributed by atoms with Gasteiger partial charge < -0.3 is 9.73 Å². The maximum Gasteiger partial charge on any atom is 0.266 e. The van der Waals surface area contributed by atoms with Gasteiger partial charge in [0.2, 0.25) is 0 Å². The van der Waals surface area contributed by atoms with Crippen molar-refractivity contribution in [2.45, 2.75) is 0 Å². The molecule has 27 heavy (non-hydrogen) atoms. The van der Waals surface area contributed by atoms with Crippen molar-refractivity contribution >= 4 is 40.9 Å². The van der Waals surface area contributed by atoms with E-state index in [1.165, 1.54) is 30.3 Å². The molecule has 3 rings (SSSR count). The monoisotopic (exact) mass is 400 g/mol. The molecule has 0 radical (unpaired) electrons. The Morgan fingerprint density at radius 3 is 2.52 bits per heavy atom. The lowest BCUT2D eigenvalue weighted by atomic mass is 10.2. The number of carbonyl (C=O) groups is 1. The Hall–Kier alpha value is -3.07. The predicted octanol–water partition coefficient (Wildman–Crippen LogP) is 5.94. The highest BCUT2D eigenvalue weighted by Gasteiger charge is 2.13. The molecule has 0 saturated carbocycles. The highest BCUT2D eigenvalue weighted by atomic mass is 35.5. The normalized spacial score (nSPS) is 11.1. The van der Waals surface area contributed by atoms with Gasteiger partial charge in [-0.15, -0.1) is 0 Å². The fourth-order valence-electron chi connectivity index (χ4n) is 2.29. The molecule has 134 valence electrons. The Kier molecular flexibility index (Phi) is 5.60. The molecule has 0 fully saturated rings. The number of nitrogens with zero attached hydrogens (tertiary/aromatic N) is 1. The van der Waals surface area contributed by atoms with Gasteiger partial charge in [0.1, 0.15) is 29.0 Å². The third-order valence-corrected chi connectivity index (χ3v) is 4.12. The van der Waals surface area contributed by atoms with Gasteiger partial charge in [-0.1, -0.05) is 23.2 Å². The number of amides is 1.